The molecule has 0 aliphatic carbocycles. The lowest BCUT2D eigenvalue weighted by Gasteiger charge is -2.22. The van der Waals surface area contributed by atoms with Gasteiger partial charge in [0, 0.05) is 25.3 Å². The highest BCUT2D eigenvalue weighted by Crippen LogP contribution is 2.32. The fraction of sp³-hybridized carbons (Fsp3) is 0.312. The van der Waals surface area contributed by atoms with Crippen molar-refractivity contribution >= 4 is 22.8 Å². The van der Waals surface area contributed by atoms with Crippen molar-refractivity contribution in [1.82, 2.24) is 9.97 Å². The van der Waals surface area contributed by atoms with Crippen molar-refractivity contribution in [3.63, 3.8) is 0 Å². The quantitative estimate of drug-likeness (QED) is 0.184. The summed E-state index contributed by atoms with van der Waals surface area (Å²) in [5.74, 6) is -1.09. The van der Waals surface area contributed by atoms with E-state index in [1.807, 2.05) is 24.3 Å². The van der Waals surface area contributed by atoms with Crippen molar-refractivity contribution in [2.24, 2.45) is 0 Å². The van der Waals surface area contributed by atoms with Crippen LogP contribution in [0.1, 0.15) is 48.5 Å². The van der Waals surface area contributed by atoms with Gasteiger partial charge in [0.1, 0.15) is 0 Å². The Labute approximate surface area is 233 Å². The summed E-state index contributed by atoms with van der Waals surface area (Å²) in [5.41, 5.74) is 5.58. The predicted molar refractivity (Wildman–Crippen MR) is 151 cm³/mol. The Kier molecular flexibility index (Phi) is 8.78. The van der Waals surface area contributed by atoms with Crippen LogP contribution in [0.5, 0.6) is 5.88 Å². The van der Waals surface area contributed by atoms with Crippen LogP contribution in [0.4, 0.5) is 0 Å². The van der Waals surface area contributed by atoms with Gasteiger partial charge in [-0.15, -0.1) is 0 Å². The van der Waals surface area contributed by atoms with Gasteiger partial charge in [0.05, 0.1) is 35.9 Å². The maximum atomic E-state index is 12.6. The highest BCUT2D eigenvalue weighted by atomic mass is 16.7. The van der Waals surface area contributed by atoms with E-state index in [0.29, 0.717) is 23.2 Å². The zero-order valence-electron chi connectivity index (χ0n) is 22.7. The highest BCUT2D eigenvalue weighted by molar-refractivity contribution is 6.07. The lowest BCUT2D eigenvalue weighted by atomic mass is 9.99. The van der Waals surface area contributed by atoms with Gasteiger partial charge >= 0.3 is 11.9 Å². The Hall–Kier alpha value is -4.14. The first-order valence-corrected chi connectivity index (χ1v) is 13.5. The topological polar surface area (TPSA) is 96.8 Å². The summed E-state index contributed by atoms with van der Waals surface area (Å²) in [6.07, 6.45) is 6.66. The molecular weight excluding hydrogens is 508 g/mol. The number of fused-ring (bicyclic) bond motifs is 1. The Morgan fingerprint density at radius 1 is 0.975 bits per heavy atom. The standard InChI is InChI=1S/C32H32N2O6/c1-21(35)40-31-30-26(32(36)37-2)20-28(34-27(30)16-17-33-31)25-14-12-24(13-15-25)23-10-8-22(9-11-23)6-5-19-39-29-7-3-4-18-38-29/h8-17,20,29H,3-7,18-19H2,1-2H3. The molecule has 0 N–H and O–H groups in total. The Bertz CT molecular complexity index is 1480. The molecule has 3 heterocycles. The molecule has 2 aromatic heterocycles. The molecule has 206 valence electrons. The zero-order valence-corrected chi connectivity index (χ0v) is 22.7. The second-order valence-electron chi connectivity index (χ2n) is 9.70. The van der Waals surface area contributed by atoms with E-state index in [-0.39, 0.29) is 17.7 Å². The van der Waals surface area contributed by atoms with Crippen LogP contribution in [-0.2, 0) is 25.4 Å². The van der Waals surface area contributed by atoms with Crippen molar-refractivity contribution in [3.8, 4) is 28.3 Å². The van der Waals surface area contributed by atoms with Crippen molar-refractivity contribution in [2.45, 2.75) is 45.3 Å². The van der Waals surface area contributed by atoms with E-state index in [9.17, 15) is 9.59 Å². The van der Waals surface area contributed by atoms with E-state index < -0.39 is 11.9 Å². The number of nitrogens with zero attached hydrogens (tertiary/aromatic N) is 2. The molecule has 0 bridgehead atoms. The minimum atomic E-state index is -0.569. The van der Waals surface area contributed by atoms with E-state index in [1.165, 1.54) is 32.2 Å². The number of ether oxygens (including phenoxy) is 4. The third-order valence-electron chi connectivity index (χ3n) is 6.85. The second-order valence-corrected chi connectivity index (χ2v) is 9.70. The summed E-state index contributed by atoms with van der Waals surface area (Å²) in [7, 11) is 1.30. The van der Waals surface area contributed by atoms with E-state index in [2.05, 4.69) is 29.2 Å². The van der Waals surface area contributed by atoms with Gasteiger partial charge in [-0.1, -0.05) is 48.5 Å². The summed E-state index contributed by atoms with van der Waals surface area (Å²) in [6, 6.07) is 19.9. The molecule has 40 heavy (non-hydrogen) atoms. The minimum Gasteiger partial charge on any atom is -0.465 e. The van der Waals surface area contributed by atoms with Gasteiger partial charge in [0.2, 0.25) is 5.88 Å². The molecule has 0 radical (unpaired) electrons. The summed E-state index contributed by atoms with van der Waals surface area (Å²) in [6.45, 7) is 2.78. The average Bonchev–Trinajstić information content (AvgIpc) is 2.99. The summed E-state index contributed by atoms with van der Waals surface area (Å²) >= 11 is 0. The van der Waals surface area contributed by atoms with E-state index >= 15 is 0 Å². The molecule has 1 atom stereocenters. The third kappa shape index (κ3) is 6.52. The second kappa shape index (κ2) is 12.8. The lowest BCUT2D eigenvalue weighted by Crippen LogP contribution is -2.22. The van der Waals surface area contributed by atoms with Crippen molar-refractivity contribution < 1.29 is 28.5 Å². The fourth-order valence-electron chi connectivity index (χ4n) is 4.81. The molecule has 0 amide bonds. The maximum Gasteiger partial charge on any atom is 0.338 e. The number of carbonyl (C=O) groups excluding carboxylic acids is 2. The van der Waals surface area contributed by atoms with Crippen molar-refractivity contribution in [3.05, 3.63) is 78.0 Å². The number of aryl methyl sites for hydroxylation is 1. The molecule has 4 aromatic rings. The van der Waals surface area contributed by atoms with E-state index in [4.69, 9.17) is 23.9 Å². The smallest absolute Gasteiger partial charge is 0.338 e. The molecule has 5 rings (SSSR count). The first-order chi connectivity index (χ1) is 19.5. The van der Waals surface area contributed by atoms with Crippen molar-refractivity contribution in [1.29, 1.82) is 0 Å². The Morgan fingerprint density at radius 2 is 1.70 bits per heavy atom. The first-order valence-electron chi connectivity index (χ1n) is 13.5. The highest BCUT2D eigenvalue weighted by Gasteiger charge is 2.20. The molecule has 0 saturated carbocycles. The van der Waals surface area contributed by atoms with Crippen LogP contribution in [0.25, 0.3) is 33.3 Å². The Balaban J connectivity index is 1.30. The normalized spacial score (nSPS) is 15.1. The number of esters is 2. The van der Waals surface area contributed by atoms with Crippen LogP contribution < -0.4 is 4.74 Å². The first kappa shape index (κ1) is 27.4. The van der Waals surface area contributed by atoms with Crippen LogP contribution >= 0.6 is 0 Å². The number of pyridine rings is 2. The zero-order chi connectivity index (χ0) is 27.9. The van der Waals surface area contributed by atoms with Crippen LogP contribution in [0, 0.1) is 0 Å². The number of aromatic nitrogens is 2. The van der Waals surface area contributed by atoms with Crippen LogP contribution in [-0.4, -0.2) is 48.5 Å². The number of hydrogen-bond donors (Lipinski definition) is 0. The summed E-state index contributed by atoms with van der Waals surface area (Å²) < 4.78 is 21.7. The van der Waals surface area contributed by atoms with Gasteiger partial charge in [-0.25, -0.2) is 14.8 Å². The van der Waals surface area contributed by atoms with E-state index in [0.717, 1.165) is 49.0 Å². The lowest BCUT2D eigenvalue weighted by molar-refractivity contribution is -0.162. The van der Waals surface area contributed by atoms with Gasteiger partial charge in [0.15, 0.2) is 6.29 Å². The maximum absolute atomic E-state index is 12.6. The molecule has 2 aromatic carbocycles. The van der Waals surface area contributed by atoms with Gasteiger partial charge in [-0.2, -0.15) is 0 Å². The molecule has 1 aliphatic heterocycles. The van der Waals surface area contributed by atoms with Gasteiger partial charge < -0.3 is 18.9 Å². The van der Waals surface area contributed by atoms with Crippen LogP contribution in [0.15, 0.2) is 66.9 Å². The fourth-order valence-corrected chi connectivity index (χ4v) is 4.81. The summed E-state index contributed by atoms with van der Waals surface area (Å²) in [4.78, 5) is 33.0. The SMILES string of the molecule is COC(=O)c1cc(-c2ccc(-c3ccc(CCCOC4CCCCO4)cc3)cc2)nc2ccnc(OC(C)=O)c12. The molecular formula is C32H32N2O6. The van der Waals surface area contributed by atoms with Gasteiger partial charge in [0.25, 0.3) is 0 Å². The predicted octanol–water partition coefficient (Wildman–Crippen LogP) is 6.15. The largest absolute Gasteiger partial charge is 0.465 e. The summed E-state index contributed by atoms with van der Waals surface area (Å²) in [5, 5.41) is 0.332. The van der Waals surface area contributed by atoms with Gasteiger partial charge in [-0.05, 0) is 60.9 Å². The monoisotopic (exact) mass is 540 g/mol. The molecule has 1 aliphatic rings. The molecule has 0 spiro atoms. The third-order valence-corrected chi connectivity index (χ3v) is 6.85. The number of benzene rings is 2. The molecule has 8 heteroatoms. The van der Waals surface area contributed by atoms with E-state index in [1.54, 1.807) is 12.1 Å². The number of rotatable bonds is 9. The van der Waals surface area contributed by atoms with Gasteiger partial charge in [-0.3, -0.25) is 4.79 Å². The van der Waals surface area contributed by atoms with Crippen molar-refractivity contribution in [2.75, 3.05) is 20.3 Å². The molecule has 1 saturated heterocycles. The minimum absolute atomic E-state index is 0.0222. The molecule has 1 fully saturated rings. The molecule has 8 nitrogen and oxygen atoms in total. The van der Waals surface area contributed by atoms with Crippen LogP contribution in [0.3, 0.4) is 0 Å². The number of carbonyl (C=O) groups is 2. The average molecular weight is 541 g/mol. The number of methoxy groups -OCH3 is 1. The Morgan fingerprint density at radius 3 is 2.38 bits per heavy atom. The van der Waals surface area contributed by atoms with Crippen LogP contribution in [0.2, 0.25) is 0 Å². The molecule has 1 unspecified atom stereocenters. The number of hydrogen-bond acceptors (Lipinski definition) is 8.